The average molecular weight is 492 g/mol. The number of fused-ring (bicyclic) bond motifs is 1. The van der Waals surface area contributed by atoms with Crippen LogP contribution in [0, 0.1) is 10.1 Å². The highest BCUT2D eigenvalue weighted by atomic mass is 16.6. The second-order valence-corrected chi connectivity index (χ2v) is 9.11. The van der Waals surface area contributed by atoms with Crippen LogP contribution in [0.4, 0.5) is 17.5 Å². The summed E-state index contributed by atoms with van der Waals surface area (Å²) in [4.78, 5) is 24.4. The fourth-order valence-electron chi connectivity index (χ4n) is 3.97. The summed E-state index contributed by atoms with van der Waals surface area (Å²) < 4.78 is 1.90. The maximum atomic E-state index is 11.2. The highest BCUT2D eigenvalue weighted by Gasteiger charge is 2.26. The minimum absolute atomic E-state index is 0.0700. The summed E-state index contributed by atoms with van der Waals surface area (Å²) in [5, 5.41) is 38.3. The molecule has 36 heavy (non-hydrogen) atoms. The van der Waals surface area contributed by atoms with Crippen molar-refractivity contribution >= 4 is 28.6 Å². The predicted molar refractivity (Wildman–Crippen MR) is 137 cm³/mol. The molecule has 2 aromatic carbocycles. The van der Waals surface area contributed by atoms with Gasteiger partial charge in [-0.15, -0.1) is 0 Å². The van der Waals surface area contributed by atoms with E-state index < -0.39 is 10.5 Å². The summed E-state index contributed by atoms with van der Waals surface area (Å²) in [5.41, 5.74) is 1.37. The lowest BCUT2D eigenvalue weighted by atomic mass is 9.97. The molecule has 0 spiro atoms. The monoisotopic (exact) mass is 491 g/mol. The second kappa shape index (κ2) is 10.2. The van der Waals surface area contributed by atoms with Crippen molar-refractivity contribution in [3.05, 3.63) is 76.1 Å². The Morgan fingerprint density at radius 3 is 2.58 bits per heavy atom. The number of nitro benzene ring substituents is 1. The van der Waals surface area contributed by atoms with E-state index in [0.717, 1.165) is 5.56 Å². The number of aromatic nitrogens is 4. The molecule has 11 heteroatoms. The molecule has 2 aromatic heterocycles. The highest BCUT2D eigenvalue weighted by molar-refractivity contribution is 5.84. The molecule has 0 amide bonds. The van der Waals surface area contributed by atoms with Gasteiger partial charge >= 0.3 is 0 Å². The molecule has 0 bridgehead atoms. The van der Waals surface area contributed by atoms with Gasteiger partial charge in [-0.25, -0.2) is 4.98 Å². The van der Waals surface area contributed by atoms with Gasteiger partial charge in [0.1, 0.15) is 5.75 Å². The van der Waals surface area contributed by atoms with Crippen molar-refractivity contribution in [3.8, 4) is 5.75 Å². The predicted octanol–water partition coefficient (Wildman–Crippen LogP) is 4.06. The quantitative estimate of drug-likeness (QED) is 0.190. The first kappa shape index (κ1) is 24.9. The van der Waals surface area contributed by atoms with Crippen LogP contribution in [0.1, 0.15) is 38.3 Å². The molecule has 0 aliphatic rings. The first-order valence-electron chi connectivity index (χ1n) is 11.6. The van der Waals surface area contributed by atoms with Gasteiger partial charge in [-0.3, -0.25) is 10.1 Å². The largest absolute Gasteiger partial charge is 0.508 e. The van der Waals surface area contributed by atoms with Gasteiger partial charge in [0.25, 0.3) is 5.69 Å². The molecule has 11 nitrogen and oxygen atoms in total. The number of hydrogen-bond acceptors (Lipinski definition) is 9. The number of rotatable bonds is 10. The summed E-state index contributed by atoms with van der Waals surface area (Å²) in [5.74, 6) is 0.627. The molecule has 0 aliphatic heterocycles. The number of nitrogens with one attached hydrogen (secondary N) is 2. The summed E-state index contributed by atoms with van der Waals surface area (Å²) >= 11 is 0. The number of phenolic OH excluding ortho intramolecular Hbond substituents is 1. The Kier molecular flexibility index (Phi) is 7.02. The van der Waals surface area contributed by atoms with Gasteiger partial charge in [-0.1, -0.05) is 37.3 Å². The molecular weight excluding hydrogens is 462 g/mol. The Labute approximate surface area is 208 Å². The van der Waals surface area contributed by atoms with Crippen molar-refractivity contribution in [2.45, 2.75) is 51.9 Å². The number of hydrogen-bond donors (Lipinski definition) is 4. The van der Waals surface area contributed by atoms with Crippen LogP contribution in [0.3, 0.4) is 0 Å². The van der Waals surface area contributed by atoms with Crippen molar-refractivity contribution in [1.82, 2.24) is 19.5 Å². The molecule has 1 unspecified atom stereocenters. The number of phenols is 1. The van der Waals surface area contributed by atoms with Crippen molar-refractivity contribution in [2.75, 3.05) is 10.6 Å². The Balaban J connectivity index is 1.72. The number of imidazole rings is 1. The van der Waals surface area contributed by atoms with E-state index in [1.54, 1.807) is 20.2 Å². The molecule has 4 N–H and O–H groups in total. The van der Waals surface area contributed by atoms with E-state index in [0.29, 0.717) is 41.5 Å². The van der Waals surface area contributed by atoms with Gasteiger partial charge in [-0.2, -0.15) is 9.97 Å². The molecule has 0 radical (unpaired) electrons. The zero-order valence-electron chi connectivity index (χ0n) is 20.3. The lowest BCUT2D eigenvalue weighted by Crippen LogP contribution is -2.41. The first-order chi connectivity index (χ1) is 17.2. The minimum atomic E-state index is -1.01. The summed E-state index contributed by atoms with van der Waals surface area (Å²) in [6.07, 6.45) is 2.32. The van der Waals surface area contributed by atoms with Gasteiger partial charge in [0.15, 0.2) is 17.0 Å². The molecule has 4 rings (SSSR count). The lowest BCUT2D eigenvalue weighted by molar-refractivity contribution is -0.384. The van der Waals surface area contributed by atoms with Crippen LogP contribution < -0.4 is 10.6 Å². The first-order valence-corrected chi connectivity index (χ1v) is 11.6. The molecule has 0 saturated heterocycles. The van der Waals surface area contributed by atoms with Gasteiger partial charge in [-0.05, 0) is 31.9 Å². The van der Waals surface area contributed by atoms with E-state index >= 15 is 0 Å². The topological polar surface area (TPSA) is 151 Å². The Hall–Kier alpha value is -4.25. The van der Waals surface area contributed by atoms with E-state index in [4.69, 9.17) is 4.98 Å². The zero-order valence-corrected chi connectivity index (χ0v) is 20.3. The average Bonchev–Trinajstić information content (AvgIpc) is 3.24. The normalized spacial score (nSPS) is 12.4. The third kappa shape index (κ3) is 5.52. The molecule has 188 valence electrons. The summed E-state index contributed by atoms with van der Waals surface area (Å²) in [7, 11) is 0. The molecular formula is C25H29N7O4. The minimum Gasteiger partial charge on any atom is -0.508 e. The summed E-state index contributed by atoms with van der Waals surface area (Å²) in [6, 6.07) is 13.4. The van der Waals surface area contributed by atoms with Crippen LogP contribution in [0.25, 0.3) is 11.2 Å². The Morgan fingerprint density at radius 2 is 1.92 bits per heavy atom. The van der Waals surface area contributed by atoms with E-state index in [-0.39, 0.29) is 24.0 Å². The number of aliphatic hydroxyl groups is 1. The SMILES string of the molecule is CCC(Nc1nc(NCc2cc([N+](=O)[O-])ccc2O)c2ncn(Cc3ccccc3)c2n1)C(C)(C)O. The van der Waals surface area contributed by atoms with Crippen molar-refractivity contribution in [3.63, 3.8) is 0 Å². The van der Waals surface area contributed by atoms with Crippen LogP contribution in [-0.4, -0.2) is 46.3 Å². The fourth-order valence-corrected chi connectivity index (χ4v) is 3.97. The molecule has 0 fully saturated rings. The number of non-ortho nitro benzene ring substituents is 1. The maximum absolute atomic E-state index is 11.2. The maximum Gasteiger partial charge on any atom is 0.270 e. The number of anilines is 2. The van der Waals surface area contributed by atoms with Gasteiger partial charge in [0.2, 0.25) is 5.95 Å². The smallest absolute Gasteiger partial charge is 0.270 e. The van der Waals surface area contributed by atoms with Gasteiger partial charge in [0.05, 0.1) is 29.4 Å². The van der Waals surface area contributed by atoms with Crippen LogP contribution in [0.5, 0.6) is 5.75 Å². The second-order valence-electron chi connectivity index (χ2n) is 9.11. The van der Waals surface area contributed by atoms with E-state index in [9.17, 15) is 20.3 Å². The van der Waals surface area contributed by atoms with E-state index in [1.165, 1.54) is 18.2 Å². The lowest BCUT2D eigenvalue weighted by Gasteiger charge is -2.29. The molecule has 2 heterocycles. The number of aromatic hydroxyl groups is 1. The molecule has 0 aliphatic carbocycles. The third-order valence-electron chi connectivity index (χ3n) is 5.94. The molecule has 1 atom stereocenters. The van der Waals surface area contributed by atoms with Crippen LogP contribution >= 0.6 is 0 Å². The number of nitro groups is 1. The van der Waals surface area contributed by atoms with Crippen LogP contribution in [0.2, 0.25) is 0 Å². The van der Waals surface area contributed by atoms with E-state index in [1.807, 2.05) is 41.8 Å². The third-order valence-corrected chi connectivity index (χ3v) is 5.94. The highest BCUT2D eigenvalue weighted by Crippen LogP contribution is 2.27. The van der Waals surface area contributed by atoms with Crippen LogP contribution in [0.15, 0.2) is 54.9 Å². The number of nitrogens with zero attached hydrogens (tertiary/aromatic N) is 5. The van der Waals surface area contributed by atoms with Crippen molar-refractivity contribution in [2.24, 2.45) is 0 Å². The Morgan fingerprint density at radius 1 is 1.17 bits per heavy atom. The van der Waals surface area contributed by atoms with Crippen LogP contribution in [-0.2, 0) is 13.1 Å². The van der Waals surface area contributed by atoms with Crippen molar-refractivity contribution < 1.29 is 15.1 Å². The summed E-state index contributed by atoms with van der Waals surface area (Å²) in [6.45, 7) is 6.01. The fraction of sp³-hybridized carbons (Fsp3) is 0.320. The molecule has 0 saturated carbocycles. The Bertz CT molecular complexity index is 1370. The van der Waals surface area contributed by atoms with Gasteiger partial charge in [0, 0.05) is 24.2 Å². The van der Waals surface area contributed by atoms with Crippen molar-refractivity contribution in [1.29, 1.82) is 0 Å². The zero-order chi connectivity index (χ0) is 25.9. The number of benzene rings is 2. The standard InChI is InChI=1S/C25H29N7O4/c1-4-20(25(2,3)34)28-24-29-22(26-13-17-12-18(32(35)36)10-11-19(17)33)21-23(30-24)31(15-27-21)14-16-8-6-5-7-9-16/h5-12,15,20,33-34H,4,13-14H2,1-3H3,(H2,26,28,29,30). The van der Waals surface area contributed by atoms with E-state index in [2.05, 4.69) is 20.6 Å². The molecule has 4 aromatic rings. The van der Waals surface area contributed by atoms with Gasteiger partial charge < -0.3 is 25.4 Å².